The van der Waals surface area contributed by atoms with Crippen LogP contribution >= 0.6 is 0 Å². The van der Waals surface area contributed by atoms with Crippen molar-refractivity contribution in [3.05, 3.63) is 30.1 Å². The Morgan fingerprint density at radius 2 is 2.06 bits per heavy atom. The molecule has 0 aromatic carbocycles. The summed E-state index contributed by atoms with van der Waals surface area (Å²) in [6.07, 6.45) is 4.93. The molecular formula is C13H23N3. The molecule has 1 heterocycles. The lowest BCUT2D eigenvalue weighted by molar-refractivity contribution is 0.261. The van der Waals surface area contributed by atoms with Crippen molar-refractivity contribution in [2.75, 3.05) is 27.2 Å². The molecule has 3 heteroatoms. The van der Waals surface area contributed by atoms with Gasteiger partial charge in [0.25, 0.3) is 0 Å². The van der Waals surface area contributed by atoms with E-state index in [-0.39, 0.29) is 0 Å². The first-order valence-electron chi connectivity index (χ1n) is 5.98. The maximum absolute atomic E-state index is 4.03. The van der Waals surface area contributed by atoms with Crippen molar-refractivity contribution in [3.8, 4) is 0 Å². The molecule has 1 rings (SSSR count). The van der Waals surface area contributed by atoms with Crippen LogP contribution in [0.1, 0.15) is 18.9 Å². The van der Waals surface area contributed by atoms with Gasteiger partial charge in [0.2, 0.25) is 0 Å². The van der Waals surface area contributed by atoms with Gasteiger partial charge >= 0.3 is 0 Å². The number of nitrogens with one attached hydrogen (secondary N) is 1. The topological polar surface area (TPSA) is 28.2 Å². The van der Waals surface area contributed by atoms with Crippen LogP contribution in [0.4, 0.5) is 0 Å². The van der Waals surface area contributed by atoms with Crippen molar-refractivity contribution < 1.29 is 0 Å². The Morgan fingerprint density at radius 3 is 2.62 bits per heavy atom. The molecule has 0 radical (unpaired) electrons. The van der Waals surface area contributed by atoms with E-state index in [1.54, 1.807) is 0 Å². The highest BCUT2D eigenvalue weighted by molar-refractivity contribution is 5.09. The van der Waals surface area contributed by atoms with Crippen molar-refractivity contribution in [1.29, 1.82) is 0 Å². The molecule has 16 heavy (non-hydrogen) atoms. The number of rotatable bonds is 7. The second kappa shape index (κ2) is 7.36. The van der Waals surface area contributed by atoms with E-state index in [2.05, 4.69) is 41.3 Å². The normalized spacial score (nSPS) is 13.0. The van der Waals surface area contributed by atoms with E-state index in [9.17, 15) is 0 Å². The molecule has 0 aliphatic heterocycles. The van der Waals surface area contributed by atoms with Gasteiger partial charge < -0.3 is 10.2 Å². The van der Waals surface area contributed by atoms with Crippen LogP contribution in [-0.4, -0.2) is 37.1 Å². The Balaban J connectivity index is 2.37. The summed E-state index contributed by atoms with van der Waals surface area (Å²) < 4.78 is 0. The predicted octanol–water partition coefficient (Wildman–Crippen LogP) is 1.76. The van der Waals surface area contributed by atoms with Gasteiger partial charge in [-0.1, -0.05) is 13.3 Å². The van der Waals surface area contributed by atoms with Gasteiger partial charge in [0, 0.05) is 25.5 Å². The number of pyridine rings is 1. The fourth-order valence-corrected chi connectivity index (χ4v) is 1.93. The van der Waals surface area contributed by atoms with Gasteiger partial charge in [-0.05, 0) is 44.3 Å². The molecule has 0 saturated heterocycles. The zero-order valence-corrected chi connectivity index (χ0v) is 10.6. The molecule has 90 valence electrons. The van der Waals surface area contributed by atoms with Crippen LogP contribution in [0, 0.1) is 5.92 Å². The summed E-state index contributed by atoms with van der Waals surface area (Å²) in [4.78, 5) is 6.41. The molecule has 0 bridgehead atoms. The third kappa shape index (κ3) is 4.73. The maximum Gasteiger partial charge on any atom is 0.0271 e. The molecule has 1 atom stereocenters. The molecule has 0 amide bonds. The van der Waals surface area contributed by atoms with E-state index in [1.807, 2.05) is 19.4 Å². The predicted molar refractivity (Wildman–Crippen MR) is 68.3 cm³/mol. The maximum atomic E-state index is 4.03. The van der Waals surface area contributed by atoms with Crippen LogP contribution < -0.4 is 5.32 Å². The standard InChI is InChI=1S/C13H23N3/c1-4-12(9-14-2)10-16(3)11-13-5-7-15-8-6-13/h5-8,12,14H,4,9-11H2,1-3H3. The fourth-order valence-electron chi connectivity index (χ4n) is 1.93. The summed E-state index contributed by atoms with van der Waals surface area (Å²) in [5.74, 6) is 0.733. The molecular weight excluding hydrogens is 198 g/mol. The lowest BCUT2D eigenvalue weighted by Gasteiger charge is -2.23. The van der Waals surface area contributed by atoms with E-state index in [0.717, 1.165) is 25.6 Å². The molecule has 1 aromatic rings. The Bertz CT molecular complexity index is 274. The van der Waals surface area contributed by atoms with Crippen LogP contribution in [-0.2, 0) is 6.54 Å². The average Bonchev–Trinajstić information content (AvgIpc) is 2.29. The van der Waals surface area contributed by atoms with E-state index in [1.165, 1.54) is 12.0 Å². The van der Waals surface area contributed by atoms with E-state index in [0.29, 0.717) is 0 Å². The van der Waals surface area contributed by atoms with Crippen LogP contribution in [0.15, 0.2) is 24.5 Å². The van der Waals surface area contributed by atoms with Gasteiger partial charge in [0.05, 0.1) is 0 Å². The monoisotopic (exact) mass is 221 g/mol. The van der Waals surface area contributed by atoms with E-state index in [4.69, 9.17) is 0 Å². The van der Waals surface area contributed by atoms with Crippen LogP contribution in [0.2, 0.25) is 0 Å². The van der Waals surface area contributed by atoms with Gasteiger partial charge in [-0.3, -0.25) is 4.98 Å². The summed E-state index contributed by atoms with van der Waals surface area (Å²) in [6.45, 7) is 5.49. The molecule has 0 aliphatic carbocycles. The first-order chi connectivity index (χ1) is 7.76. The lowest BCUT2D eigenvalue weighted by atomic mass is 10.1. The zero-order chi connectivity index (χ0) is 11.8. The minimum atomic E-state index is 0.733. The molecule has 1 N–H and O–H groups in total. The van der Waals surface area contributed by atoms with Gasteiger partial charge in [-0.25, -0.2) is 0 Å². The van der Waals surface area contributed by atoms with Crippen LogP contribution in [0.5, 0.6) is 0 Å². The molecule has 1 aromatic heterocycles. The van der Waals surface area contributed by atoms with Gasteiger partial charge in [-0.15, -0.1) is 0 Å². The van der Waals surface area contributed by atoms with Crippen molar-refractivity contribution in [3.63, 3.8) is 0 Å². The second-order valence-electron chi connectivity index (χ2n) is 4.38. The fraction of sp³-hybridized carbons (Fsp3) is 0.615. The SMILES string of the molecule is CCC(CNC)CN(C)Cc1ccncc1. The van der Waals surface area contributed by atoms with Crippen LogP contribution in [0.3, 0.4) is 0 Å². The number of aromatic nitrogens is 1. The molecule has 0 fully saturated rings. The average molecular weight is 221 g/mol. The van der Waals surface area contributed by atoms with Crippen molar-refractivity contribution in [1.82, 2.24) is 15.2 Å². The molecule has 1 unspecified atom stereocenters. The molecule has 0 aliphatic rings. The van der Waals surface area contributed by atoms with E-state index >= 15 is 0 Å². The largest absolute Gasteiger partial charge is 0.319 e. The lowest BCUT2D eigenvalue weighted by Crippen LogP contribution is -2.30. The molecule has 0 saturated carbocycles. The summed E-state index contributed by atoms with van der Waals surface area (Å²) in [7, 11) is 4.20. The Kier molecular flexibility index (Phi) is 6.04. The summed E-state index contributed by atoms with van der Waals surface area (Å²) in [6, 6.07) is 4.16. The van der Waals surface area contributed by atoms with Gasteiger partial charge in [0.1, 0.15) is 0 Å². The first kappa shape index (κ1) is 13.1. The number of nitrogens with zero attached hydrogens (tertiary/aromatic N) is 2. The van der Waals surface area contributed by atoms with Crippen molar-refractivity contribution >= 4 is 0 Å². The minimum Gasteiger partial charge on any atom is -0.319 e. The summed E-state index contributed by atoms with van der Waals surface area (Å²) in [5.41, 5.74) is 1.33. The smallest absolute Gasteiger partial charge is 0.0271 e. The van der Waals surface area contributed by atoms with Crippen LogP contribution in [0.25, 0.3) is 0 Å². The summed E-state index contributed by atoms with van der Waals surface area (Å²) in [5, 5.41) is 3.25. The second-order valence-corrected chi connectivity index (χ2v) is 4.38. The van der Waals surface area contributed by atoms with Crippen molar-refractivity contribution in [2.24, 2.45) is 5.92 Å². The Labute approximate surface area is 98.9 Å². The highest BCUT2D eigenvalue weighted by atomic mass is 15.1. The first-order valence-corrected chi connectivity index (χ1v) is 5.98. The van der Waals surface area contributed by atoms with Gasteiger partial charge in [0.15, 0.2) is 0 Å². The quantitative estimate of drug-likeness (QED) is 0.760. The highest BCUT2D eigenvalue weighted by Crippen LogP contribution is 2.07. The molecule has 0 spiro atoms. The molecule has 3 nitrogen and oxygen atoms in total. The highest BCUT2D eigenvalue weighted by Gasteiger charge is 2.08. The zero-order valence-electron chi connectivity index (χ0n) is 10.6. The number of hydrogen-bond donors (Lipinski definition) is 1. The van der Waals surface area contributed by atoms with Crippen molar-refractivity contribution in [2.45, 2.75) is 19.9 Å². The minimum absolute atomic E-state index is 0.733. The Hall–Kier alpha value is -0.930. The number of hydrogen-bond acceptors (Lipinski definition) is 3. The van der Waals surface area contributed by atoms with Gasteiger partial charge in [-0.2, -0.15) is 0 Å². The third-order valence-electron chi connectivity index (χ3n) is 2.84. The van der Waals surface area contributed by atoms with E-state index < -0.39 is 0 Å². The summed E-state index contributed by atoms with van der Waals surface area (Å²) >= 11 is 0. The third-order valence-corrected chi connectivity index (χ3v) is 2.84. The Morgan fingerprint density at radius 1 is 1.38 bits per heavy atom.